The number of pyridine rings is 1. The molecule has 6 nitrogen and oxygen atoms in total. The number of aromatic amines is 1. The van der Waals surface area contributed by atoms with Gasteiger partial charge in [-0.25, -0.2) is 9.97 Å². The van der Waals surface area contributed by atoms with Crippen LogP contribution < -0.4 is 10.6 Å². The molecule has 0 spiro atoms. The number of halogens is 1. The number of aromatic nitrogens is 3. The standard InChI is InChI=1S/C12H14BrN5O/c13-7-4-9-11(15-5-7)18-10(17-9)6-16-12(19)8-2-1-3-14-8/h4-5,8,14H,1-3,6H2,(H,16,19)(H,15,17,18). The van der Waals surface area contributed by atoms with Crippen molar-refractivity contribution in [2.24, 2.45) is 0 Å². The molecule has 1 aliphatic rings. The third-order valence-corrected chi connectivity index (χ3v) is 3.59. The summed E-state index contributed by atoms with van der Waals surface area (Å²) in [6, 6.07) is 1.86. The first-order valence-corrected chi connectivity index (χ1v) is 7.03. The minimum absolute atomic E-state index is 0.0343. The molecule has 0 bridgehead atoms. The van der Waals surface area contributed by atoms with Crippen molar-refractivity contribution in [1.29, 1.82) is 0 Å². The maximum atomic E-state index is 11.8. The number of carbonyl (C=O) groups excluding carboxylic acids is 1. The van der Waals surface area contributed by atoms with Crippen LogP contribution in [0.2, 0.25) is 0 Å². The van der Waals surface area contributed by atoms with Gasteiger partial charge in [0.25, 0.3) is 0 Å². The van der Waals surface area contributed by atoms with E-state index >= 15 is 0 Å². The molecular formula is C12H14BrN5O. The topological polar surface area (TPSA) is 82.7 Å². The number of fused-ring (bicyclic) bond motifs is 1. The van der Waals surface area contributed by atoms with E-state index < -0.39 is 0 Å². The largest absolute Gasteiger partial charge is 0.348 e. The van der Waals surface area contributed by atoms with Crippen molar-refractivity contribution < 1.29 is 4.79 Å². The summed E-state index contributed by atoms with van der Waals surface area (Å²) in [5, 5.41) is 6.05. The van der Waals surface area contributed by atoms with Gasteiger partial charge in [0.15, 0.2) is 5.65 Å². The normalized spacial score (nSPS) is 18.9. The molecule has 7 heteroatoms. The zero-order valence-corrected chi connectivity index (χ0v) is 11.8. The van der Waals surface area contributed by atoms with E-state index in [0.29, 0.717) is 18.0 Å². The Labute approximate surface area is 118 Å². The Morgan fingerprint density at radius 1 is 1.58 bits per heavy atom. The Morgan fingerprint density at radius 2 is 2.47 bits per heavy atom. The van der Waals surface area contributed by atoms with Gasteiger partial charge in [-0.3, -0.25) is 4.79 Å². The molecular weight excluding hydrogens is 310 g/mol. The Kier molecular flexibility index (Phi) is 3.48. The van der Waals surface area contributed by atoms with Gasteiger partial charge in [0.1, 0.15) is 5.82 Å². The molecule has 1 atom stereocenters. The van der Waals surface area contributed by atoms with Crippen LogP contribution in [0.1, 0.15) is 18.7 Å². The predicted molar refractivity (Wildman–Crippen MR) is 74.5 cm³/mol. The number of hydrogen-bond acceptors (Lipinski definition) is 4. The van der Waals surface area contributed by atoms with Crippen molar-refractivity contribution in [2.45, 2.75) is 25.4 Å². The Hall–Kier alpha value is -1.47. The van der Waals surface area contributed by atoms with E-state index in [2.05, 4.69) is 41.5 Å². The van der Waals surface area contributed by atoms with Crippen molar-refractivity contribution in [3.63, 3.8) is 0 Å². The summed E-state index contributed by atoms with van der Waals surface area (Å²) in [6.07, 6.45) is 3.66. The van der Waals surface area contributed by atoms with Gasteiger partial charge in [-0.2, -0.15) is 0 Å². The molecule has 2 aromatic heterocycles. The van der Waals surface area contributed by atoms with E-state index in [1.807, 2.05) is 6.07 Å². The molecule has 19 heavy (non-hydrogen) atoms. The number of H-pyrrole nitrogens is 1. The maximum absolute atomic E-state index is 11.8. The van der Waals surface area contributed by atoms with Gasteiger partial charge in [-0.05, 0) is 41.4 Å². The molecule has 1 unspecified atom stereocenters. The van der Waals surface area contributed by atoms with Crippen LogP contribution in [-0.4, -0.2) is 33.4 Å². The molecule has 0 saturated carbocycles. The molecule has 0 aromatic carbocycles. The van der Waals surface area contributed by atoms with Crippen molar-refractivity contribution >= 4 is 33.0 Å². The van der Waals surface area contributed by atoms with Crippen LogP contribution in [-0.2, 0) is 11.3 Å². The first-order valence-electron chi connectivity index (χ1n) is 6.23. The van der Waals surface area contributed by atoms with Crippen LogP contribution in [0.25, 0.3) is 11.2 Å². The van der Waals surface area contributed by atoms with E-state index in [1.54, 1.807) is 6.20 Å². The summed E-state index contributed by atoms with van der Waals surface area (Å²) in [4.78, 5) is 23.5. The number of nitrogens with zero attached hydrogens (tertiary/aromatic N) is 2. The van der Waals surface area contributed by atoms with Crippen LogP contribution >= 0.6 is 15.9 Å². The summed E-state index contributed by atoms with van der Waals surface area (Å²) >= 11 is 3.36. The summed E-state index contributed by atoms with van der Waals surface area (Å²) in [5.41, 5.74) is 1.52. The highest BCUT2D eigenvalue weighted by Gasteiger charge is 2.21. The fourth-order valence-electron chi connectivity index (χ4n) is 2.21. The van der Waals surface area contributed by atoms with Crippen molar-refractivity contribution in [2.75, 3.05) is 6.54 Å². The number of nitrogens with one attached hydrogen (secondary N) is 3. The highest BCUT2D eigenvalue weighted by molar-refractivity contribution is 9.10. The number of imidazole rings is 1. The first-order chi connectivity index (χ1) is 9.22. The summed E-state index contributed by atoms with van der Waals surface area (Å²) in [5.74, 6) is 0.749. The third kappa shape index (κ3) is 2.76. The minimum Gasteiger partial charge on any atom is -0.348 e. The molecule has 3 N–H and O–H groups in total. The Morgan fingerprint density at radius 3 is 3.26 bits per heavy atom. The van der Waals surface area contributed by atoms with Crippen LogP contribution in [0, 0.1) is 0 Å². The van der Waals surface area contributed by atoms with Crippen LogP contribution in [0.15, 0.2) is 16.7 Å². The lowest BCUT2D eigenvalue weighted by atomic mass is 10.2. The Bertz CT molecular complexity index is 605. The second-order valence-electron chi connectivity index (χ2n) is 4.57. The van der Waals surface area contributed by atoms with Gasteiger partial charge in [-0.15, -0.1) is 0 Å². The quantitative estimate of drug-likeness (QED) is 0.789. The minimum atomic E-state index is -0.0587. The van der Waals surface area contributed by atoms with Crippen molar-refractivity contribution in [1.82, 2.24) is 25.6 Å². The fraction of sp³-hybridized carbons (Fsp3) is 0.417. The fourth-order valence-corrected chi connectivity index (χ4v) is 2.54. The van der Waals surface area contributed by atoms with E-state index in [4.69, 9.17) is 0 Å². The molecule has 2 aromatic rings. The second-order valence-corrected chi connectivity index (χ2v) is 5.49. The van der Waals surface area contributed by atoms with Gasteiger partial charge in [0.2, 0.25) is 5.91 Å². The number of amides is 1. The molecule has 100 valence electrons. The van der Waals surface area contributed by atoms with E-state index in [1.165, 1.54) is 0 Å². The molecule has 3 rings (SSSR count). The van der Waals surface area contributed by atoms with E-state index in [9.17, 15) is 4.79 Å². The SMILES string of the molecule is O=C(NCc1nc2ncc(Br)cc2[nH]1)C1CCCN1. The van der Waals surface area contributed by atoms with Crippen molar-refractivity contribution in [3.8, 4) is 0 Å². The van der Waals surface area contributed by atoms with Gasteiger partial charge in [-0.1, -0.05) is 0 Å². The summed E-state index contributed by atoms with van der Waals surface area (Å²) in [6.45, 7) is 1.31. The molecule has 1 fully saturated rings. The molecule has 1 aliphatic heterocycles. The number of rotatable bonds is 3. The smallest absolute Gasteiger partial charge is 0.237 e. The zero-order valence-electron chi connectivity index (χ0n) is 10.2. The Balaban J connectivity index is 1.66. The van der Waals surface area contributed by atoms with Crippen molar-refractivity contribution in [3.05, 3.63) is 22.6 Å². The number of hydrogen-bond donors (Lipinski definition) is 3. The lowest BCUT2D eigenvalue weighted by Gasteiger charge is -2.09. The third-order valence-electron chi connectivity index (χ3n) is 3.16. The maximum Gasteiger partial charge on any atom is 0.237 e. The molecule has 0 radical (unpaired) electrons. The number of carbonyl (C=O) groups is 1. The second kappa shape index (κ2) is 5.26. The predicted octanol–water partition coefficient (Wildman–Crippen LogP) is 1.09. The molecule has 0 aliphatic carbocycles. The molecule has 1 amide bonds. The van der Waals surface area contributed by atoms with Crippen LogP contribution in [0.4, 0.5) is 0 Å². The lowest BCUT2D eigenvalue weighted by Crippen LogP contribution is -2.40. The molecule has 1 saturated heterocycles. The van der Waals surface area contributed by atoms with E-state index in [0.717, 1.165) is 29.4 Å². The highest BCUT2D eigenvalue weighted by atomic mass is 79.9. The van der Waals surface area contributed by atoms with E-state index in [-0.39, 0.29) is 11.9 Å². The molecule has 3 heterocycles. The van der Waals surface area contributed by atoms with Gasteiger partial charge >= 0.3 is 0 Å². The van der Waals surface area contributed by atoms with Gasteiger partial charge in [0, 0.05) is 10.7 Å². The van der Waals surface area contributed by atoms with Gasteiger partial charge < -0.3 is 15.6 Å². The monoisotopic (exact) mass is 323 g/mol. The van der Waals surface area contributed by atoms with Crippen LogP contribution in [0.5, 0.6) is 0 Å². The average Bonchev–Trinajstić information content (AvgIpc) is 3.04. The first kappa shape index (κ1) is 12.6. The van der Waals surface area contributed by atoms with Gasteiger partial charge in [0.05, 0.1) is 18.1 Å². The highest BCUT2D eigenvalue weighted by Crippen LogP contribution is 2.15. The lowest BCUT2D eigenvalue weighted by molar-refractivity contribution is -0.122. The summed E-state index contributed by atoms with van der Waals surface area (Å²) in [7, 11) is 0. The average molecular weight is 324 g/mol. The van der Waals surface area contributed by atoms with Crippen LogP contribution in [0.3, 0.4) is 0 Å². The summed E-state index contributed by atoms with van der Waals surface area (Å²) < 4.78 is 0.898. The zero-order chi connectivity index (χ0) is 13.2.